The van der Waals surface area contributed by atoms with Gasteiger partial charge in [-0.2, -0.15) is 0 Å². The van der Waals surface area contributed by atoms with E-state index in [1.54, 1.807) is 0 Å². The standard InChI is InChI=1S/C5H5N3O4/c6-4-7-1-2(8-4)3(9)12-5(10)11/h1H,(H,10,11)(H3,6,7,8). The van der Waals surface area contributed by atoms with Crippen LogP contribution >= 0.6 is 0 Å². The number of carbonyl (C=O) groups excluding carboxylic acids is 1. The Morgan fingerprint density at radius 1 is 1.67 bits per heavy atom. The Hall–Kier alpha value is -2.05. The summed E-state index contributed by atoms with van der Waals surface area (Å²) in [5.41, 5.74) is 5.02. The van der Waals surface area contributed by atoms with Crippen molar-refractivity contribution < 1.29 is 19.4 Å². The molecule has 1 heterocycles. The smallest absolute Gasteiger partial charge is 0.449 e. The van der Waals surface area contributed by atoms with Crippen molar-refractivity contribution in [3.63, 3.8) is 0 Å². The second-order valence-electron chi connectivity index (χ2n) is 1.84. The van der Waals surface area contributed by atoms with E-state index < -0.39 is 12.1 Å². The Morgan fingerprint density at radius 3 is 2.75 bits per heavy atom. The number of nitrogens with zero attached hydrogens (tertiary/aromatic N) is 1. The number of hydrogen-bond acceptors (Lipinski definition) is 5. The van der Waals surface area contributed by atoms with Gasteiger partial charge in [-0.25, -0.2) is 14.6 Å². The summed E-state index contributed by atoms with van der Waals surface area (Å²) in [7, 11) is 0. The van der Waals surface area contributed by atoms with E-state index in [2.05, 4.69) is 14.7 Å². The Balaban J connectivity index is 2.72. The van der Waals surface area contributed by atoms with Gasteiger partial charge in [0, 0.05) is 0 Å². The van der Waals surface area contributed by atoms with Gasteiger partial charge in [0.2, 0.25) is 0 Å². The van der Waals surface area contributed by atoms with Crippen LogP contribution in [0.4, 0.5) is 10.7 Å². The van der Waals surface area contributed by atoms with Crippen molar-refractivity contribution in [1.82, 2.24) is 9.97 Å². The molecule has 0 atom stereocenters. The van der Waals surface area contributed by atoms with Crippen molar-refractivity contribution in [3.8, 4) is 0 Å². The number of nitrogens with two attached hydrogens (primary N) is 1. The Kier molecular flexibility index (Phi) is 1.95. The molecule has 0 aliphatic heterocycles. The first-order chi connectivity index (χ1) is 5.59. The minimum absolute atomic E-state index is 0.0207. The maximum Gasteiger partial charge on any atom is 0.513 e. The maximum atomic E-state index is 10.7. The number of anilines is 1. The summed E-state index contributed by atoms with van der Waals surface area (Å²) in [5.74, 6) is -1.01. The average molecular weight is 171 g/mol. The second kappa shape index (κ2) is 2.91. The number of nitrogen functional groups attached to an aromatic ring is 1. The maximum absolute atomic E-state index is 10.7. The Bertz CT molecular complexity index is 318. The lowest BCUT2D eigenvalue weighted by Gasteiger charge is -1.92. The van der Waals surface area contributed by atoms with Gasteiger partial charge >= 0.3 is 12.1 Å². The molecule has 0 saturated carbocycles. The molecular formula is C5H5N3O4. The summed E-state index contributed by atoms with van der Waals surface area (Å²) in [6, 6.07) is 0. The molecule has 4 N–H and O–H groups in total. The van der Waals surface area contributed by atoms with Crippen molar-refractivity contribution in [3.05, 3.63) is 11.9 Å². The number of carbonyl (C=O) groups is 2. The molecule has 0 fully saturated rings. The highest BCUT2D eigenvalue weighted by Crippen LogP contribution is 1.99. The molecule has 1 aromatic rings. The van der Waals surface area contributed by atoms with Crippen LogP contribution in [0.25, 0.3) is 0 Å². The lowest BCUT2D eigenvalue weighted by Crippen LogP contribution is -2.10. The summed E-state index contributed by atoms with van der Waals surface area (Å²) in [6.45, 7) is 0. The van der Waals surface area contributed by atoms with Crippen LogP contribution in [0.1, 0.15) is 10.5 Å². The Labute approximate surface area is 66.2 Å². The molecule has 0 radical (unpaired) electrons. The molecule has 0 aliphatic rings. The first-order valence-electron chi connectivity index (χ1n) is 2.85. The van der Waals surface area contributed by atoms with Gasteiger partial charge in [0.05, 0.1) is 6.20 Å². The zero-order valence-electron chi connectivity index (χ0n) is 5.77. The average Bonchev–Trinajstić information content (AvgIpc) is 2.34. The first-order valence-corrected chi connectivity index (χ1v) is 2.85. The van der Waals surface area contributed by atoms with Gasteiger partial charge in [0.1, 0.15) is 5.69 Å². The van der Waals surface area contributed by atoms with Crippen LogP contribution in [-0.2, 0) is 4.74 Å². The van der Waals surface area contributed by atoms with Crippen molar-refractivity contribution in [1.29, 1.82) is 0 Å². The van der Waals surface area contributed by atoms with Crippen LogP contribution in [0.2, 0.25) is 0 Å². The quantitative estimate of drug-likeness (QED) is 0.398. The van der Waals surface area contributed by atoms with Gasteiger partial charge in [-0.15, -0.1) is 0 Å². The molecule has 0 bridgehead atoms. The van der Waals surface area contributed by atoms with Crippen LogP contribution in [0.15, 0.2) is 6.20 Å². The van der Waals surface area contributed by atoms with Crippen LogP contribution in [-0.4, -0.2) is 27.2 Å². The van der Waals surface area contributed by atoms with Gasteiger partial charge in [0.15, 0.2) is 5.95 Å². The molecule has 1 rings (SSSR count). The fourth-order valence-corrected chi connectivity index (χ4v) is 0.575. The summed E-state index contributed by atoms with van der Waals surface area (Å²) < 4.78 is 3.80. The predicted molar refractivity (Wildman–Crippen MR) is 36.4 cm³/mol. The molecule has 0 unspecified atom stereocenters. The highest BCUT2D eigenvalue weighted by Gasteiger charge is 2.13. The van der Waals surface area contributed by atoms with Gasteiger partial charge in [-0.1, -0.05) is 0 Å². The third-order valence-electron chi connectivity index (χ3n) is 0.995. The van der Waals surface area contributed by atoms with Crippen molar-refractivity contribution in [2.24, 2.45) is 0 Å². The van der Waals surface area contributed by atoms with Gasteiger partial charge in [-0.3, -0.25) is 0 Å². The molecular weight excluding hydrogens is 166 g/mol. The molecule has 64 valence electrons. The van der Waals surface area contributed by atoms with Crippen LogP contribution < -0.4 is 5.73 Å². The summed E-state index contributed by atoms with van der Waals surface area (Å²) >= 11 is 0. The molecule has 0 saturated heterocycles. The Morgan fingerprint density at radius 2 is 2.33 bits per heavy atom. The van der Waals surface area contributed by atoms with Crippen LogP contribution in [0.5, 0.6) is 0 Å². The van der Waals surface area contributed by atoms with E-state index in [1.165, 1.54) is 0 Å². The molecule has 7 heteroatoms. The minimum Gasteiger partial charge on any atom is -0.449 e. The topological polar surface area (TPSA) is 118 Å². The molecule has 0 amide bonds. The number of ether oxygens (including phenoxy) is 1. The SMILES string of the molecule is Nc1ncc(C(=O)OC(=O)O)[nH]1. The fraction of sp³-hybridized carbons (Fsp3) is 0. The molecule has 0 aromatic carbocycles. The zero-order valence-corrected chi connectivity index (χ0v) is 5.77. The largest absolute Gasteiger partial charge is 0.513 e. The van der Waals surface area contributed by atoms with Crippen LogP contribution in [0.3, 0.4) is 0 Å². The predicted octanol–water partition coefficient (Wildman–Crippen LogP) is -0.173. The molecule has 1 aromatic heterocycles. The zero-order chi connectivity index (χ0) is 9.14. The number of aromatic nitrogens is 2. The second-order valence-corrected chi connectivity index (χ2v) is 1.84. The van der Waals surface area contributed by atoms with E-state index in [1.807, 2.05) is 0 Å². The highest BCUT2D eigenvalue weighted by atomic mass is 16.7. The van der Waals surface area contributed by atoms with E-state index in [0.29, 0.717) is 0 Å². The monoisotopic (exact) mass is 171 g/mol. The van der Waals surface area contributed by atoms with Gasteiger partial charge < -0.3 is 20.6 Å². The van der Waals surface area contributed by atoms with E-state index >= 15 is 0 Å². The molecule has 0 aliphatic carbocycles. The van der Waals surface area contributed by atoms with Crippen LogP contribution in [0, 0.1) is 0 Å². The fourth-order valence-electron chi connectivity index (χ4n) is 0.575. The number of esters is 1. The number of imidazole rings is 1. The third kappa shape index (κ3) is 1.72. The van der Waals surface area contributed by atoms with Crippen molar-refractivity contribution in [2.75, 3.05) is 5.73 Å². The van der Waals surface area contributed by atoms with E-state index in [0.717, 1.165) is 6.20 Å². The van der Waals surface area contributed by atoms with E-state index in [9.17, 15) is 9.59 Å². The van der Waals surface area contributed by atoms with Gasteiger partial charge in [0.25, 0.3) is 0 Å². The summed E-state index contributed by atoms with van der Waals surface area (Å²) in [6.07, 6.45) is -0.589. The summed E-state index contributed by atoms with van der Waals surface area (Å²) in [4.78, 5) is 26.4. The molecule has 7 nitrogen and oxygen atoms in total. The number of H-pyrrole nitrogens is 1. The normalized spacial score (nSPS) is 9.33. The van der Waals surface area contributed by atoms with Crippen molar-refractivity contribution >= 4 is 18.1 Å². The highest BCUT2D eigenvalue weighted by molar-refractivity contribution is 5.93. The number of aromatic amines is 1. The molecule has 0 spiro atoms. The number of carboxylic acid groups (broad SMARTS) is 1. The number of nitrogens with one attached hydrogen (secondary N) is 1. The van der Waals surface area contributed by atoms with E-state index in [4.69, 9.17) is 10.8 Å². The third-order valence-corrected chi connectivity index (χ3v) is 0.995. The number of rotatable bonds is 1. The lowest BCUT2D eigenvalue weighted by molar-refractivity contribution is 0.0504. The summed E-state index contributed by atoms with van der Waals surface area (Å²) in [5, 5.41) is 8.04. The number of hydrogen-bond donors (Lipinski definition) is 3. The molecule has 12 heavy (non-hydrogen) atoms. The first kappa shape index (κ1) is 8.05. The van der Waals surface area contributed by atoms with Gasteiger partial charge in [-0.05, 0) is 0 Å². The minimum atomic E-state index is -1.67. The lowest BCUT2D eigenvalue weighted by atomic mass is 10.5. The van der Waals surface area contributed by atoms with Crippen molar-refractivity contribution in [2.45, 2.75) is 0 Å². The van der Waals surface area contributed by atoms with E-state index in [-0.39, 0.29) is 11.6 Å².